The van der Waals surface area contributed by atoms with Gasteiger partial charge in [0.05, 0.1) is 0 Å². The van der Waals surface area contributed by atoms with Gasteiger partial charge in [-0.15, -0.1) is 0 Å². The molecule has 0 spiro atoms. The van der Waals surface area contributed by atoms with Crippen molar-refractivity contribution in [2.24, 2.45) is 5.73 Å². The number of hydrogen-bond acceptors (Lipinski definition) is 2. The van der Waals surface area contributed by atoms with Crippen LogP contribution in [0.2, 0.25) is 0 Å². The molecule has 2 aromatic carbocycles. The van der Waals surface area contributed by atoms with Crippen LogP contribution < -0.4 is 16.4 Å². The Kier molecular flexibility index (Phi) is 4.44. The van der Waals surface area contributed by atoms with E-state index in [9.17, 15) is 18.0 Å². The molecule has 0 aromatic heterocycles. The van der Waals surface area contributed by atoms with Crippen molar-refractivity contribution in [2.45, 2.75) is 6.54 Å². The third-order valence-electron chi connectivity index (χ3n) is 2.69. The van der Waals surface area contributed by atoms with Crippen LogP contribution in [-0.4, -0.2) is 6.03 Å². The standard InChI is InChI=1S/C14H12F3N3O/c15-9-5-11(16)13(12(17)6-9)20-14(21)19-10-3-1-8(7-18)2-4-10/h1-6H,7,18H2,(H2,19,20,21). The van der Waals surface area contributed by atoms with Gasteiger partial charge in [-0.3, -0.25) is 0 Å². The van der Waals surface area contributed by atoms with E-state index in [2.05, 4.69) is 5.32 Å². The zero-order valence-electron chi connectivity index (χ0n) is 10.8. The van der Waals surface area contributed by atoms with Crippen molar-refractivity contribution in [1.29, 1.82) is 0 Å². The fourth-order valence-corrected chi connectivity index (χ4v) is 1.66. The Hall–Kier alpha value is -2.54. The summed E-state index contributed by atoms with van der Waals surface area (Å²) in [7, 11) is 0. The average molecular weight is 295 g/mol. The quantitative estimate of drug-likeness (QED) is 0.814. The van der Waals surface area contributed by atoms with E-state index in [1.54, 1.807) is 24.3 Å². The minimum atomic E-state index is -1.19. The van der Waals surface area contributed by atoms with Gasteiger partial charge < -0.3 is 16.4 Å². The molecule has 4 N–H and O–H groups in total. The highest BCUT2D eigenvalue weighted by Gasteiger charge is 2.14. The van der Waals surface area contributed by atoms with Crippen molar-refractivity contribution in [3.05, 3.63) is 59.4 Å². The predicted molar refractivity (Wildman–Crippen MR) is 73.3 cm³/mol. The van der Waals surface area contributed by atoms with Gasteiger partial charge in [-0.1, -0.05) is 12.1 Å². The molecule has 110 valence electrons. The number of nitrogens with one attached hydrogen (secondary N) is 2. The maximum Gasteiger partial charge on any atom is 0.323 e. The smallest absolute Gasteiger partial charge is 0.323 e. The molecule has 0 saturated carbocycles. The van der Waals surface area contributed by atoms with Gasteiger partial charge in [-0.05, 0) is 17.7 Å². The Morgan fingerprint density at radius 2 is 1.57 bits per heavy atom. The van der Waals surface area contributed by atoms with Crippen LogP contribution in [0.5, 0.6) is 0 Å². The minimum absolute atomic E-state index is 0.360. The molecule has 4 nitrogen and oxygen atoms in total. The number of carbonyl (C=O) groups excluding carboxylic acids is 1. The van der Waals surface area contributed by atoms with Gasteiger partial charge in [0.15, 0.2) is 11.6 Å². The number of urea groups is 1. The molecule has 0 fully saturated rings. The van der Waals surface area contributed by atoms with E-state index in [-0.39, 0.29) is 0 Å². The summed E-state index contributed by atoms with van der Waals surface area (Å²) in [6.45, 7) is 0.360. The van der Waals surface area contributed by atoms with Crippen LogP contribution >= 0.6 is 0 Å². The first-order valence-corrected chi connectivity index (χ1v) is 6.01. The molecule has 0 heterocycles. The van der Waals surface area contributed by atoms with Gasteiger partial charge in [0.1, 0.15) is 11.5 Å². The van der Waals surface area contributed by atoms with Crippen LogP contribution in [-0.2, 0) is 6.54 Å². The number of halogens is 3. The van der Waals surface area contributed by atoms with Crippen molar-refractivity contribution in [3.63, 3.8) is 0 Å². The fourth-order valence-electron chi connectivity index (χ4n) is 1.66. The van der Waals surface area contributed by atoms with E-state index >= 15 is 0 Å². The van der Waals surface area contributed by atoms with Crippen LogP contribution in [0, 0.1) is 17.5 Å². The Morgan fingerprint density at radius 3 is 2.10 bits per heavy atom. The first-order chi connectivity index (χ1) is 9.99. The molecule has 0 unspecified atom stereocenters. The topological polar surface area (TPSA) is 67.1 Å². The Balaban J connectivity index is 2.08. The highest BCUT2D eigenvalue weighted by molar-refractivity contribution is 5.99. The number of benzene rings is 2. The third kappa shape index (κ3) is 3.73. The van der Waals surface area contributed by atoms with Gasteiger partial charge in [0.2, 0.25) is 0 Å². The number of amides is 2. The molecule has 0 aliphatic rings. The molecular formula is C14H12F3N3O. The molecule has 21 heavy (non-hydrogen) atoms. The summed E-state index contributed by atoms with van der Waals surface area (Å²) in [5.74, 6) is -3.45. The monoisotopic (exact) mass is 295 g/mol. The minimum Gasteiger partial charge on any atom is -0.326 e. The molecule has 0 atom stereocenters. The number of rotatable bonds is 3. The maximum absolute atomic E-state index is 13.4. The molecule has 0 radical (unpaired) electrons. The summed E-state index contributed by atoms with van der Waals surface area (Å²) in [5.41, 5.74) is 6.02. The van der Waals surface area contributed by atoms with E-state index in [0.29, 0.717) is 24.4 Å². The van der Waals surface area contributed by atoms with Gasteiger partial charge >= 0.3 is 6.03 Å². The van der Waals surface area contributed by atoms with Gasteiger partial charge in [-0.25, -0.2) is 18.0 Å². The highest BCUT2D eigenvalue weighted by atomic mass is 19.1. The van der Waals surface area contributed by atoms with Gasteiger partial charge in [-0.2, -0.15) is 0 Å². The molecule has 2 aromatic rings. The van der Waals surface area contributed by atoms with Crippen molar-refractivity contribution in [2.75, 3.05) is 10.6 Å². The zero-order chi connectivity index (χ0) is 15.4. The largest absolute Gasteiger partial charge is 0.326 e. The van der Waals surface area contributed by atoms with Crippen molar-refractivity contribution in [3.8, 4) is 0 Å². The lowest BCUT2D eigenvalue weighted by Crippen LogP contribution is -2.21. The molecule has 0 aliphatic carbocycles. The molecule has 0 bridgehead atoms. The predicted octanol–water partition coefficient (Wildman–Crippen LogP) is 3.21. The fraction of sp³-hybridized carbons (Fsp3) is 0.0714. The van der Waals surface area contributed by atoms with E-state index < -0.39 is 29.2 Å². The average Bonchev–Trinajstić information content (AvgIpc) is 2.43. The number of carbonyl (C=O) groups is 1. The second-order valence-electron chi connectivity index (χ2n) is 4.22. The van der Waals surface area contributed by atoms with Crippen LogP contribution in [0.4, 0.5) is 29.3 Å². The maximum atomic E-state index is 13.4. The van der Waals surface area contributed by atoms with Crippen molar-refractivity contribution < 1.29 is 18.0 Å². The van der Waals surface area contributed by atoms with Crippen molar-refractivity contribution >= 4 is 17.4 Å². The normalized spacial score (nSPS) is 10.3. The lowest BCUT2D eigenvalue weighted by atomic mass is 10.2. The Bertz CT molecular complexity index is 636. The summed E-state index contributed by atoms with van der Waals surface area (Å²) < 4.78 is 39.5. The van der Waals surface area contributed by atoms with Crippen LogP contribution in [0.15, 0.2) is 36.4 Å². The van der Waals surface area contributed by atoms with Crippen molar-refractivity contribution in [1.82, 2.24) is 0 Å². The van der Waals surface area contributed by atoms with E-state index in [0.717, 1.165) is 5.56 Å². The van der Waals surface area contributed by atoms with Gasteiger partial charge in [0.25, 0.3) is 0 Å². The molecule has 0 aliphatic heterocycles. The molecule has 2 amide bonds. The second-order valence-corrected chi connectivity index (χ2v) is 4.22. The lowest BCUT2D eigenvalue weighted by Gasteiger charge is -2.09. The van der Waals surface area contributed by atoms with E-state index in [1.165, 1.54) is 0 Å². The summed E-state index contributed by atoms with van der Waals surface area (Å²) in [4.78, 5) is 11.7. The van der Waals surface area contributed by atoms with Gasteiger partial charge in [0, 0.05) is 24.4 Å². The third-order valence-corrected chi connectivity index (χ3v) is 2.69. The van der Waals surface area contributed by atoms with E-state index in [1.807, 2.05) is 5.32 Å². The zero-order valence-corrected chi connectivity index (χ0v) is 10.8. The second kappa shape index (κ2) is 6.27. The molecule has 0 saturated heterocycles. The first-order valence-electron chi connectivity index (χ1n) is 6.01. The number of nitrogens with two attached hydrogens (primary N) is 1. The Labute approximate surface area is 118 Å². The Morgan fingerprint density at radius 1 is 1.00 bits per heavy atom. The van der Waals surface area contributed by atoms with Crippen LogP contribution in [0.3, 0.4) is 0 Å². The molecular weight excluding hydrogens is 283 g/mol. The highest BCUT2D eigenvalue weighted by Crippen LogP contribution is 2.20. The summed E-state index contributed by atoms with van der Waals surface area (Å²) in [6.07, 6.45) is 0. The first kappa shape index (κ1) is 14.9. The summed E-state index contributed by atoms with van der Waals surface area (Å²) in [6, 6.07) is 6.71. The van der Waals surface area contributed by atoms with Crippen LogP contribution in [0.25, 0.3) is 0 Å². The van der Waals surface area contributed by atoms with E-state index in [4.69, 9.17) is 5.73 Å². The molecule has 2 rings (SSSR count). The summed E-state index contributed by atoms with van der Waals surface area (Å²) >= 11 is 0. The lowest BCUT2D eigenvalue weighted by molar-refractivity contribution is 0.262. The molecule has 7 heteroatoms. The summed E-state index contributed by atoms with van der Waals surface area (Å²) in [5, 5.41) is 4.38. The number of hydrogen-bond donors (Lipinski definition) is 3. The van der Waals surface area contributed by atoms with Crippen LogP contribution in [0.1, 0.15) is 5.56 Å². The number of anilines is 2. The SMILES string of the molecule is NCc1ccc(NC(=O)Nc2c(F)cc(F)cc2F)cc1.